The Balaban J connectivity index is 1.54. The monoisotopic (exact) mass is 433 g/mol. The number of carbonyl (C=O) groups is 1. The van der Waals surface area contributed by atoms with Crippen LogP contribution < -0.4 is 5.43 Å². The van der Waals surface area contributed by atoms with Gasteiger partial charge >= 0.3 is 0 Å². The van der Waals surface area contributed by atoms with E-state index in [4.69, 9.17) is 4.98 Å². The quantitative estimate of drug-likeness (QED) is 0.267. The highest BCUT2D eigenvalue weighted by atomic mass is 16.2. The molecule has 0 radical (unpaired) electrons. The van der Waals surface area contributed by atoms with Crippen molar-refractivity contribution in [2.24, 2.45) is 5.10 Å². The van der Waals surface area contributed by atoms with Crippen LogP contribution >= 0.6 is 0 Å². The Morgan fingerprint density at radius 1 is 0.939 bits per heavy atom. The van der Waals surface area contributed by atoms with Gasteiger partial charge in [0, 0.05) is 10.9 Å². The van der Waals surface area contributed by atoms with Gasteiger partial charge in [0.2, 0.25) is 0 Å². The summed E-state index contributed by atoms with van der Waals surface area (Å²) < 4.78 is 0. The lowest BCUT2D eigenvalue weighted by molar-refractivity contribution is 0.0956. The third kappa shape index (κ3) is 5.42. The van der Waals surface area contributed by atoms with Crippen molar-refractivity contribution in [3.8, 4) is 11.3 Å². The van der Waals surface area contributed by atoms with Gasteiger partial charge in [0.25, 0.3) is 5.91 Å². The van der Waals surface area contributed by atoms with Crippen molar-refractivity contribution in [2.75, 3.05) is 0 Å². The van der Waals surface area contributed by atoms with E-state index < -0.39 is 0 Å². The molecule has 0 spiro atoms. The molecule has 1 aromatic heterocycles. The highest BCUT2D eigenvalue weighted by molar-refractivity contribution is 6.07. The molecule has 0 unspecified atom stereocenters. The zero-order valence-electron chi connectivity index (χ0n) is 19.1. The third-order valence-electron chi connectivity index (χ3n) is 5.46. The summed E-state index contributed by atoms with van der Waals surface area (Å²) in [5.74, 6) is 0.240. The van der Waals surface area contributed by atoms with Gasteiger partial charge in [0.1, 0.15) is 0 Å². The number of para-hydroxylation sites is 1. The number of benzene rings is 3. The molecule has 0 saturated heterocycles. The molecule has 1 N–H and O–H groups in total. The number of nitrogens with one attached hydrogen (secondary N) is 1. The number of fused-ring (bicyclic) bond motifs is 1. The molecule has 0 aliphatic carbocycles. The second kappa shape index (κ2) is 10.0. The first-order valence-electron chi connectivity index (χ1n) is 11.1. The fraction of sp³-hybridized carbons (Fsp3) is 0.138. The van der Waals surface area contributed by atoms with Crippen molar-refractivity contribution in [2.45, 2.75) is 26.7 Å². The molecule has 3 aromatic carbocycles. The first kappa shape index (κ1) is 22.2. The molecule has 0 aliphatic rings. The average Bonchev–Trinajstić information content (AvgIpc) is 2.84. The minimum Gasteiger partial charge on any atom is -0.267 e. The summed E-state index contributed by atoms with van der Waals surface area (Å²) in [6.45, 7) is 6.32. The largest absolute Gasteiger partial charge is 0.272 e. The fourth-order valence-electron chi connectivity index (χ4n) is 3.65. The molecule has 4 nitrogen and oxygen atoms in total. The highest BCUT2D eigenvalue weighted by Gasteiger charge is 2.13. The minimum atomic E-state index is -0.267. The lowest BCUT2D eigenvalue weighted by Crippen LogP contribution is -2.18. The van der Waals surface area contributed by atoms with Gasteiger partial charge in [-0.25, -0.2) is 10.4 Å². The maximum absolute atomic E-state index is 13.0. The van der Waals surface area contributed by atoms with Crippen LogP contribution in [0.15, 0.2) is 95.6 Å². The Morgan fingerprint density at radius 2 is 1.64 bits per heavy atom. The summed E-state index contributed by atoms with van der Waals surface area (Å²) in [7, 11) is 0. The Labute approximate surface area is 194 Å². The second-order valence-electron chi connectivity index (χ2n) is 8.35. The number of nitrogens with zero attached hydrogens (tertiary/aromatic N) is 2. The zero-order chi connectivity index (χ0) is 23.2. The number of hydrogen-bond acceptors (Lipinski definition) is 3. The van der Waals surface area contributed by atoms with Gasteiger partial charge in [-0.15, -0.1) is 0 Å². The van der Waals surface area contributed by atoms with Crippen LogP contribution in [0.1, 0.15) is 48.2 Å². The van der Waals surface area contributed by atoms with E-state index in [9.17, 15) is 4.79 Å². The molecule has 0 atom stereocenters. The van der Waals surface area contributed by atoms with Crippen molar-refractivity contribution in [1.82, 2.24) is 10.4 Å². The van der Waals surface area contributed by atoms with Crippen LogP contribution in [-0.4, -0.2) is 17.1 Å². The van der Waals surface area contributed by atoms with Gasteiger partial charge in [-0.2, -0.15) is 5.10 Å². The Morgan fingerprint density at radius 3 is 2.36 bits per heavy atom. The van der Waals surface area contributed by atoms with E-state index in [0.717, 1.165) is 33.3 Å². The SMILES string of the molecule is CC(C=NNC(=O)c1cc(-c2ccccc2)nc2ccccc12)=Cc1ccc(C(C)C)cc1. The van der Waals surface area contributed by atoms with Crippen LogP contribution in [0.4, 0.5) is 0 Å². The first-order chi connectivity index (χ1) is 16.0. The van der Waals surface area contributed by atoms with Crippen molar-refractivity contribution in [3.05, 3.63) is 107 Å². The molecule has 1 amide bonds. The minimum absolute atomic E-state index is 0.267. The molecule has 0 saturated carbocycles. The predicted molar refractivity (Wildman–Crippen MR) is 137 cm³/mol. The van der Waals surface area contributed by atoms with Gasteiger partial charge in [-0.3, -0.25) is 4.79 Å². The number of pyridine rings is 1. The number of hydrazone groups is 1. The van der Waals surface area contributed by atoms with Crippen LogP contribution in [0.25, 0.3) is 28.2 Å². The first-order valence-corrected chi connectivity index (χ1v) is 11.1. The summed E-state index contributed by atoms with van der Waals surface area (Å²) in [4.78, 5) is 17.7. The summed E-state index contributed by atoms with van der Waals surface area (Å²) in [5.41, 5.74) is 9.06. The van der Waals surface area contributed by atoms with Crippen LogP contribution in [0.3, 0.4) is 0 Å². The number of allylic oxidation sites excluding steroid dienone is 1. The summed E-state index contributed by atoms with van der Waals surface area (Å²) in [5, 5.41) is 4.98. The summed E-state index contributed by atoms with van der Waals surface area (Å²) in [6.07, 6.45) is 3.70. The molecule has 4 rings (SSSR count). The summed E-state index contributed by atoms with van der Waals surface area (Å²) in [6, 6.07) is 27.8. The van der Waals surface area contributed by atoms with Crippen molar-refractivity contribution in [3.63, 3.8) is 0 Å². The van der Waals surface area contributed by atoms with E-state index in [0.29, 0.717) is 11.5 Å². The molecule has 0 bridgehead atoms. The molecule has 1 heterocycles. The Kier molecular flexibility index (Phi) is 6.75. The normalized spacial score (nSPS) is 11.9. The molecule has 0 aliphatic heterocycles. The fourth-order valence-corrected chi connectivity index (χ4v) is 3.65. The van der Waals surface area contributed by atoms with Gasteiger partial charge < -0.3 is 0 Å². The van der Waals surface area contributed by atoms with E-state index in [2.05, 4.69) is 48.6 Å². The Hall–Kier alpha value is -4.05. The lowest BCUT2D eigenvalue weighted by atomic mass is 10.0. The van der Waals surface area contributed by atoms with Crippen LogP contribution in [0.2, 0.25) is 0 Å². The van der Waals surface area contributed by atoms with Gasteiger partial charge in [0.15, 0.2) is 0 Å². The van der Waals surface area contributed by atoms with E-state index in [1.54, 1.807) is 6.21 Å². The number of rotatable bonds is 6. The molecule has 4 heteroatoms. The van der Waals surface area contributed by atoms with E-state index in [1.807, 2.05) is 73.7 Å². The van der Waals surface area contributed by atoms with Crippen molar-refractivity contribution >= 4 is 29.1 Å². The number of carbonyl (C=O) groups excluding carboxylic acids is 1. The molecular formula is C29H27N3O. The molecular weight excluding hydrogens is 406 g/mol. The maximum atomic E-state index is 13.0. The standard InChI is InChI=1S/C29H27N3O/c1-20(2)23-15-13-22(14-16-23)17-21(3)19-30-32-29(33)26-18-28(24-9-5-4-6-10-24)31-27-12-8-7-11-25(26)27/h4-20H,1-3H3,(H,32,33). The average molecular weight is 434 g/mol. The van der Waals surface area contributed by atoms with Crippen LogP contribution in [-0.2, 0) is 0 Å². The van der Waals surface area contributed by atoms with Gasteiger partial charge in [-0.1, -0.05) is 92.7 Å². The van der Waals surface area contributed by atoms with Crippen molar-refractivity contribution < 1.29 is 4.79 Å². The van der Waals surface area contributed by atoms with E-state index in [-0.39, 0.29) is 5.91 Å². The van der Waals surface area contributed by atoms with E-state index >= 15 is 0 Å². The molecule has 0 fully saturated rings. The topological polar surface area (TPSA) is 54.4 Å². The van der Waals surface area contributed by atoms with E-state index in [1.165, 1.54) is 5.56 Å². The van der Waals surface area contributed by atoms with Crippen LogP contribution in [0.5, 0.6) is 0 Å². The van der Waals surface area contributed by atoms with Gasteiger partial charge in [0.05, 0.1) is 23.0 Å². The number of amides is 1. The Bertz CT molecular complexity index is 1320. The zero-order valence-corrected chi connectivity index (χ0v) is 19.1. The number of hydrogen-bond donors (Lipinski definition) is 1. The smallest absolute Gasteiger partial charge is 0.267 e. The second-order valence-corrected chi connectivity index (χ2v) is 8.35. The molecule has 33 heavy (non-hydrogen) atoms. The van der Waals surface area contributed by atoms with Crippen LogP contribution in [0, 0.1) is 0 Å². The molecule has 164 valence electrons. The van der Waals surface area contributed by atoms with Crippen molar-refractivity contribution in [1.29, 1.82) is 0 Å². The highest BCUT2D eigenvalue weighted by Crippen LogP contribution is 2.24. The van der Waals surface area contributed by atoms with Gasteiger partial charge in [-0.05, 0) is 41.7 Å². The lowest BCUT2D eigenvalue weighted by Gasteiger charge is -2.09. The predicted octanol–water partition coefficient (Wildman–Crippen LogP) is 6.84. The maximum Gasteiger partial charge on any atom is 0.272 e. The number of aromatic nitrogens is 1. The molecule has 4 aromatic rings. The summed E-state index contributed by atoms with van der Waals surface area (Å²) >= 11 is 0. The third-order valence-corrected chi connectivity index (χ3v) is 5.46.